The lowest BCUT2D eigenvalue weighted by molar-refractivity contribution is 0.216. The molecule has 1 aromatic carbocycles. The van der Waals surface area contributed by atoms with Crippen molar-refractivity contribution in [2.24, 2.45) is 0 Å². The third-order valence-electron chi connectivity index (χ3n) is 3.00. The Morgan fingerprint density at radius 3 is 2.65 bits per heavy atom. The van der Waals surface area contributed by atoms with Gasteiger partial charge in [-0.05, 0) is 37.0 Å². The van der Waals surface area contributed by atoms with E-state index in [9.17, 15) is 4.79 Å². The zero-order chi connectivity index (χ0) is 12.1. The van der Waals surface area contributed by atoms with Crippen molar-refractivity contribution < 1.29 is 4.79 Å². The van der Waals surface area contributed by atoms with Crippen molar-refractivity contribution in [3.05, 3.63) is 34.9 Å². The van der Waals surface area contributed by atoms with Gasteiger partial charge in [0.15, 0.2) is 0 Å². The summed E-state index contributed by atoms with van der Waals surface area (Å²) in [6, 6.07) is 8.04. The van der Waals surface area contributed by atoms with Crippen LogP contribution >= 0.6 is 11.6 Å². The first-order valence-corrected chi connectivity index (χ1v) is 6.41. The third kappa shape index (κ3) is 3.63. The molecule has 17 heavy (non-hydrogen) atoms. The maximum absolute atomic E-state index is 11.3. The maximum atomic E-state index is 11.3. The molecule has 4 heteroatoms. The first-order valence-electron chi connectivity index (χ1n) is 6.03. The lowest BCUT2D eigenvalue weighted by atomic mass is 10.1. The van der Waals surface area contributed by atoms with Gasteiger partial charge in [-0.3, -0.25) is 0 Å². The number of unbranched alkanes of at least 4 members (excludes halogenated alkanes) is 1. The Hall–Kier alpha value is -1.22. The minimum absolute atomic E-state index is 0.0801. The van der Waals surface area contributed by atoms with Crippen LogP contribution in [0.2, 0.25) is 5.02 Å². The van der Waals surface area contributed by atoms with E-state index < -0.39 is 0 Å². The van der Waals surface area contributed by atoms with Crippen molar-refractivity contribution in [2.45, 2.75) is 19.3 Å². The van der Waals surface area contributed by atoms with E-state index in [4.69, 9.17) is 11.6 Å². The van der Waals surface area contributed by atoms with E-state index in [2.05, 4.69) is 17.4 Å². The van der Waals surface area contributed by atoms with Gasteiger partial charge in [-0.2, -0.15) is 0 Å². The maximum Gasteiger partial charge on any atom is 0.317 e. The minimum atomic E-state index is 0.0801. The summed E-state index contributed by atoms with van der Waals surface area (Å²) >= 11 is 5.82. The van der Waals surface area contributed by atoms with Crippen molar-refractivity contribution in [3.8, 4) is 0 Å². The molecule has 1 heterocycles. The predicted octanol–water partition coefficient (Wildman–Crippen LogP) is 2.69. The highest BCUT2D eigenvalue weighted by atomic mass is 35.5. The van der Waals surface area contributed by atoms with E-state index in [1.807, 2.05) is 17.0 Å². The molecule has 1 aromatic rings. The van der Waals surface area contributed by atoms with Crippen LogP contribution in [0.3, 0.4) is 0 Å². The van der Waals surface area contributed by atoms with Gasteiger partial charge >= 0.3 is 6.03 Å². The van der Waals surface area contributed by atoms with Crippen LogP contribution in [0.1, 0.15) is 18.4 Å². The average Bonchev–Trinajstić information content (AvgIpc) is 2.73. The van der Waals surface area contributed by atoms with Crippen LogP contribution in [-0.2, 0) is 6.42 Å². The molecule has 1 saturated heterocycles. The molecule has 2 amide bonds. The molecule has 1 N–H and O–H groups in total. The fraction of sp³-hybridized carbons (Fsp3) is 0.462. The van der Waals surface area contributed by atoms with Crippen LogP contribution in [0.25, 0.3) is 0 Å². The Morgan fingerprint density at radius 1 is 1.24 bits per heavy atom. The van der Waals surface area contributed by atoms with E-state index in [0.717, 1.165) is 43.9 Å². The number of amides is 2. The quantitative estimate of drug-likeness (QED) is 0.803. The SMILES string of the molecule is O=C1NCCN1CCCCc1ccc(Cl)cc1. The summed E-state index contributed by atoms with van der Waals surface area (Å²) in [5, 5.41) is 3.59. The highest BCUT2D eigenvalue weighted by molar-refractivity contribution is 6.30. The van der Waals surface area contributed by atoms with Crippen LogP contribution in [-0.4, -0.2) is 30.6 Å². The first kappa shape index (κ1) is 12.2. The van der Waals surface area contributed by atoms with Crippen molar-refractivity contribution in [1.82, 2.24) is 10.2 Å². The van der Waals surface area contributed by atoms with Crippen LogP contribution in [0.5, 0.6) is 0 Å². The largest absolute Gasteiger partial charge is 0.336 e. The molecule has 0 unspecified atom stereocenters. The zero-order valence-corrected chi connectivity index (χ0v) is 10.5. The number of halogens is 1. The van der Waals surface area contributed by atoms with Gasteiger partial charge < -0.3 is 10.2 Å². The van der Waals surface area contributed by atoms with Gasteiger partial charge in [0.05, 0.1) is 0 Å². The topological polar surface area (TPSA) is 32.3 Å². The second-order valence-electron chi connectivity index (χ2n) is 4.30. The molecular formula is C13H17ClN2O. The number of nitrogens with one attached hydrogen (secondary N) is 1. The fourth-order valence-electron chi connectivity index (χ4n) is 2.01. The minimum Gasteiger partial charge on any atom is -0.336 e. The number of carbonyl (C=O) groups is 1. The molecule has 0 spiro atoms. The Labute approximate surface area is 107 Å². The van der Waals surface area contributed by atoms with Crippen molar-refractivity contribution >= 4 is 17.6 Å². The monoisotopic (exact) mass is 252 g/mol. The Bertz CT molecular complexity index is 378. The van der Waals surface area contributed by atoms with Gasteiger partial charge in [0.1, 0.15) is 0 Å². The zero-order valence-electron chi connectivity index (χ0n) is 9.79. The van der Waals surface area contributed by atoms with Gasteiger partial charge in [0.25, 0.3) is 0 Å². The molecule has 1 aliphatic heterocycles. The van der Waals surface area contributed by atoms with E-state index in [0.29, 0.717) is 0 Å². The fourth-order valence-corrected chi connectivity index (χ4v) is 2.13. The van der Waals surface area contributed by atoms with E-state index >= 15 is 0 Å². The summed E-state index contributed by atoms with van der Waals surface area (Å²) in [6.45, 7) is 2.50. The first-order chi connectivity index (χ1) is 8.25. The van der Waals surface area contributed by atoms with Crippen LogP contribution in [0, 0.1) is 0 Å². The van der Waals surface area contributed by atoms with Crippen LogP contribution < -0.4 is 5.32 Å². The number of hydrogen-bond donors (Lipinski definition) is 1. The smallest absolute Gasteiger partial charge is 0.317 e. The molecule has 0 bridgehead atoms. The van der Waals surface area contributed by atoms with Crippen molar-refractivity contribution in [1.29, 1.82) is 0 Å². The summed E-state index contributed by atoms with van der Waals surface area (Å²) in [6.07, 6.45) is 3.20. The third-order valence-corrected chi connectivity index (χ3v) is 3.25. The van der Waals surface area contributed by atoms with Crippen LogP contribution in [0.4, 0.5) is 4.79 Å². The molecule has 1 aliphatic rings. The molecule has 92 valence electrons. The highest BCUT2D eigenvalue weighted by Gasteiger charge is 2.17. The molecule has 2 rings (SSSR count). The van der Waals surface area contributed by atoms with Crippen molar-refractivity contribution in [2.75, 3.05) is 19.6 Å². The van der Waals surface area contributed by atoms with Gasteiger partial charge in [-0.15, -0.1) is 0 Å². The normalized spacial score (nSPS) is 15.1. The molecule has 0 atom stereocenters. The second-order valence-corrected chi connectivity index (χ2v) is 4.74. The van der Waals surface area contributed by atoms with Crippen LogP contribution in [0.15, 0.2) is 24.3 Å². The van der Waals surface area contributed by atoms with Gasteiger partial charge in [0.2, 0.25) is 0 Å². The summed E-state index contributed by atoms with van der Waals surface area (Å²) in [5.74, 6) is 0. The molecule has 0 radical (unpaired) electrons. The Morgan fingerprint density at radius 2 is 2.00 bits per heavy atom. The standard InChI is InChI=1S/C13H17ClN2O/c14-12-6-4-11(5-7-12)3-1-2-9-16-10-8-15-13(16)17/h4-7H,1-3,8-10H2,(H,15,17). The number of hydrogen-bond acceptors (Lipinski definition) is 1. The average molecular weight is 253 g/mol. The van der Waals surface area contributed by atoms with Gasteiger partial charge in [-0.25, -0.2) is 4.79 Å². The highest BCUT2D eigenvalue weighted by Crippen LogP contribution is 2.12. The molecule has 1 fully saturated rings. The Kier molecular flexibility index (Phi) is 4.26. The number of rotatable bonds is 5. The molecular weight excluding hydrogens is 236 g/mol. The number of nitrogens with zero attached hydrogens (tertiary/aromatic N) is 1. The van der Waals surface area contributed by atoms with E-state index in [1.165, 1.54) is 5.56 Å². The molecule has 0 saturated carbocycles. The predicted molar refractivity (Wildman–Crippen MR) is 69.4 cm³/mol. The van der Waals surface area contributed by atoms with Crippen molar-refractivity contribution in [3.63, 3.8) is 0 Å². The Balaban J connectivity index is 1.66. The van der Waals surface area contributed by atoms with Gasteiger partial charge in [0, 0.05) is 24.7 Å². The summed E-state index contributed by atoms with van der Waals surface area (Å²) in [7, 11) is 0. The van der Waals surface area contributed by atoms with E-state index in [1.54, 1.807) is 0 Å². The second kappa shape index (κ2) is 5.92. The van der Waals surface area contributed by atoms with Gasteiger partial charge in [-0.1, -0.05) is 23.7 Å². The molecule has 0 aromatic heterocycles. The number of aryl methyl sites for hydroxylation is 1. The van der Waals surface area contributed by atoms with E-state index in [-0.39, 0.29) is 6.03 Å². The number of benzene rings is 1. The lowest BCUT2D eigenvalue weighted by Crippen LogP contribution is -2.28. The summed E-state index contributed by atoms with van der Waals surface area (Å²) < 4.78 is 0. The summed E-state index contributed by atoms with van der Waals surface area (Å²) in [5.41, 5.74) is 1.31. The molecule has 3 nitrogen and oxygen atoms in total. The number of carbonyl (C=O) groups excluding carboxylic acids is 1. The molecule has 0 aliphatic carbocycles. The number of urea groups is 1. The lowest BCUT2D eigenvalue weighted by Gasteiger charge is -2.13. The summed E-state index contributed by atoms with van der Waals surface area (Å²) in [4.78, 5) is 13.2.